The first-order valence-corrected chi connectivity index (χ1v) is 12.4. The summed E-state index contributed by atoms with van der Waals surface area (Å²) in [7, 11) is 0. The molecular weight excluding hydrogens is 468 g/mol. The standard InChI is InChI=1S/C26H31F2N5O3/c1-25(2,3)36-24(35)30-16-12-26(13-16)10-15(11-26)29-21-17(6-9-20(28)32-21)23(34)33-22-18(27)7-8-19(31-22)14-4-5-14/h6-9,14-16H,4-5,10-13H2,1-3H3,(H,29,32)(H,30,35)(H,31,33,34). The summed E-state index contributed by atoms with van der Waals surface area (Å²) in [4.78, 5) is 33.1. The molecule has 0 bridgehead atoms. The van der Waals surface area contributed by atoms with Crippen LogP contribution in [0, 0.1) is 17.2 Å². The molecule has 2 aromatic heterocycles. The van der Waals surface area contributed by atoms with Crippen LogP contribution in [-0.2, 0) is 4.74 Å². The summed E-state index contributed by atoms with van der Waals surface area (Å²) in [6.45, 7) is 5.47. The Morgan fingerprint density at radius 1 is 0.972 bits per heavy atom. The third kappa shape index (κ3) is 5.42. The molecule has 0 atom stereocenters. The van der Waals surface area contributed by atoms with E-state index < -0.39 is 29.4 Å². The van der Waals surface area contributed by atoms with Crippen LogP contribution in [0.25, 0.3) is 0 Å². The Balaban J connectivity index is 1.18. The van der Waals surface area contributed by atoms with Gasteiger partial charge in [0.2, 0.25) is 5.95 Å². The molecule has 0 aliphatic heterocycles. The number of amides is 2. The molecule has 3 saturated carbocycles. The van der Waals surface area contributed by atoms with Crippen molar-refractivity contribution in [2.45, 2.75) is 82.9 Å². The first kappa shape index (κ1) is 24.4. The van der Waals surface area contributed by atoms with Crippen LogP contribution in [0.1, 0.15) is 81.3 Å². The van der Waals surface area contributed by atoms with Gasteiger partial charge in [-0.2, -0.15) is 4.39 Å². The number of nitrogens with one attached hydrogen (secondary N) is 3. The minimum Gasteiger partial charge on any atom is -0.444 e. The number of ether oxygens (including phenoxy) is 1. The van der Waals surface area contributed by atoms with E-state index in [1.807, 2.05) is 20.8 Å². The van der Waals surface area contributed by atoms with Crippen molar-refractivity contribution >= 4 is 23.6 Å². The van der Waals surface area contributed by atoms with Crippen LogP contribution in [0.2, 0.25) is 0 Å². The number of nitrogens with zero attached hydrogens (tertiary/aromatic N) is 2. The fraction of sp³-hybridized carbons (Fsp3) is 0.538. The molecule has 0 saturated heterocycles. The Hall–Kier alpha value is -3.30. The molecule has 8 nitrogen and oxygen atoms in total. The minimum atomic E-state index is -0.714. The van der Waals surface area contributed by atoms with Crippen LogP contribution < -0.4 is 16.0 Å². The molecule has 192 valence electrons. The summed E-state index contributed by atoms with van der Waals surface area (Å²) in [6.07, 6.45) is 4.92. The zero-order valence-corrected chi connectivity index (χ0v) is 20.7. The van der Waals surface area contributed by atoms with Gasteiger partial charge in [-0.3, -0.25) is 4.79 Å². The van der Waals surface area contributed by atoms with Crippen molar-refractivity contribution in [3.63, 3.8) is 0 Å². The normalized spacial score (nSPS) is 24.9. The second-order valence-electron chi connectivity index (χ2n) is 11.3. The Bertz CT molecular complexity index is 1180. The number of hydrogen-bond donors (Lipinski definition) is 3. The predicted octanol–water partition coefficient (Wildman–Crippen LogP) is 5.13. The van der Waals surface area contributed by atoms with E-state index in [1.54, 1.807) is 6.07 Å². The molecule has 3 N–H and O–H groups in total. The fourth-order valence-electron chi connectivity index (χ4n) is 5.23. The molecular formula is C26H31F2N5O3. The van der Waals surface area contributed by atoms with Crippen molar-refractivity contribution in [2.24, 2.45) is 5.41 Å². The summed E-state index contributed by atoms with van der Waals surface area (Å²) < 4.78 is 33.5. The van der Waals surface area contributed by atoms with Crippen LogP contribution in [0.3, 0.4) is 0 Å². The van der Waals surface area contributed by atoms with Gasteiger partial charge in [-0.25, -0.2) is 19.2 Å². The molecule has 10 heteroatoms. The number of aromatic nitrogens is 2. The second-order valence-corrected chi connectivity index (χ2v) is 11.3. The van der Waals surface area contributed by atoms with E-state index in [0.717, 1.165) is 50.3 Å². The Morgan fingerprint density at radius 3 is 2.33 bits per heavy atom. The number of hydrogen-bond acceptors (Lipinski definition) is 6. The van der Waals surface area contributed by atoms with Crippen molar-refractivity contribution in [3.8, 4) is 0 Å². The van der Waals surface area contributed by atoms with Crippen LogP contribution in [0.15, 0.2) is 24.3 Å². The quantitative estimate of drug-likeness (QED) is 0.476. The second kappa shape index (κ2) is 8.97. The van der Waals surface area contributed by atoms with E-state index in [4.69, 9.17) is 4.74 Å². The lowest BCUT2D eigenvalue weighted by Crippen LogP contribution is -2.59. The average Bonchev–Trinajstić information content (AvgIpc) is 3.56. The first-order valence-electron chi connectivity index (χ1n) is 12.4. The number of alkyl carbamates (subject to hydrolysis) is 1. The lowest BCUT2D eigenvalue weighted by Gasteiger charge is -2.57. The van der Waals surface area contributed by atoms with Gasteiger partial charge in [0.15, 0.2) is 11.6 Å². The van der Waals surface area contributed by atoms with Crippen molar-refractivity contribution in [3.05, 3.63) is 47.3 Å². The van der Waals surface area contributed by atoms with Gasteiger partial charge in [-0.05, 0) is 89.0 Å². The maximum Gasteiger partial charge on any atom is 0.407 e. The molecule has 5 rings (SSSR count). The van der Waals surface area contributed by atoms with Crippen LogP contribution >= 0.6 is 0 Å². The van der Waals surface area contributed by atoms with Gasteiger partial charge in [0, 0.05) is 23.7 Å². The number of carbonyl (C=O) groups excluding carboxylic acids is 2. The monoisotopic (exact) mass is 499 g/mol. The van der Waals surface area contributed by atoms with Gasteiger partial charge in [-0.1, -0.05) is 0 Å². The van der Waals surface area contributed by atoms with Gasteiger partial charge < -0.3 is 20.7 Å². The Labute approximate surface area is 208 Å². The molecule has 2 aromatic rings. The molecule has 36 heavy (non-hydrogen) atoms. The first-order chi connectivity index (χ1) is 17.0. The lowest BCUT2D eigenvalue weighted by atomic mass is 9.52. The highest BCUT2D eigenvalue weighted by Gasteiger charge is 2.53. The van der Waals surface area contributed by atoms with Crippen LogP contribution in [-0.4, -0.2) is 39.7 Å². The molecule has 1 spiro atoms. The molecule has 2 amide bonds. The largest absolute Gasteiger partial charge is 0.444 e. The summed E-state index contributed by atoms with van der Waals surface area (Å²) in [5, 5.41) is 8.60. The highest BCUT2D eigenvalue weighted by atomic mass is 19.1. The number of carbonyl (C=O) groups is 2. The zero-order valence-electron chi connectivity index (χ0n) is 20.7. The highest BCUT2D eigenvalue weighted by molar-refractivity contribution is 6.07. The van der Waals surface area contributed by atoms with Crippen LogP contribution in [0.5, 0.6) is 0 Å². The van der Waals surface area contributed by atoms with Crippen molar-refractivity contribution in [1.82, 2.24) is 15.3 Å². The molecule has 0 radical (unpaired) electrons. The number of rotatable bonds is 6. The summed E-state index contributed by atoms with van der Waals surface area (Å²) in [5.74, 6) is -1.66. The summed E-state index contributed by atoms with van der Waals surface area (Å²) in [6, 6.07) is 5.46. The summed E-state index contributed by atoms with van der Waals surface area (Å²) in [5.41, 5.74) is 0.444. The Kier molecular flexibility index (Phi) is 6.08. The van der Waals surface area contributed by atoms with Crippen LogP contribution in [0.4, 0.5) is 25.2 Å². The topological polar surface area (TPSA) is 105 Å². The third-order valence-corrected chi connectivity index (χ3v) is 6.98. The van der Waals surface area contributed by atoms with Gasteiger partial charge in [-0.15, -0.1) is 0 Å². The molecule has 3 aliphatic carbocycles. The molecule has 0 unspecified atom stereocenters. The smallest absolute Gasteiger partial charge is 0.407 e. The maximum absolute atomic E-state index is 14.3. The van der Waals surface area contributed by atoms with Gasteiger partial charge in [0.1, 0.15) is 11.4 Å². The lowest BCUT2D eigenvalue weighted by molar-refractivity contribution is -0.0179. The Morgan fingerprint density at radius 2 is 1.67 bits per heavy atom. The minimum absolute atomic E-state index is 0.0152. The summed E-state index contributed by atoms with van der Waals surface area (Å²) >= 11 is 0. The van der Waals surface area contributed by atoms with Crippen molar-refractivity contribution in [2.75, 3.05) is 10.6 Å². The van der Waals surface area contributed by atoms with Crippen molar-refractivity contribution < 1.29 is 23.1 Å². The van der Waals surface area contributed by atoms with Gasteiger partial charge in [0.25, 0.3) is 5.91 Å². The number of pyridine rings is 2. The number of halogens is 2. The predicted molar refractivity (Wildman–Crippen MR) is 130 cm³/mol. The van der Waals surface area contributed by atoms with Crippen molar-refractivity contribution in [1.29, 1.82) is 0 Å². The van der Waals surface area contributed by atoms with E-state index in [2.05, 4.69) is 25.9 Å². The van der Waals surface area contributed by atoms with E-state index in [9.17, 15) is 18.4 Å². The molecule has 0 aromatic carbocycles. The average molecular weight is 500 g/mol. The third-order valence-electron chi connectivity index (χ3n) is 6.98. The highest BCUT2D eigenvalue weighted by Crippen LogP contribution is 2.56. The SMILES string of the molecule is CC(C)(C)OC(=O)NC1CC2(C1)CC(Nc1nc(F)ccc1C(=O)Nc1nc(C3CC3)ccc1F)C2. The van der Waals surface area contributed by atoms with Gasteiger partial charge in [0.05, 0.1) is 5.56 Å². The van der Waals surface area contributed by atoms with E-state index in [0.29, 0.717) is 5.92 Å². The zero-order chi connectivity index (χ0) is 25.7. The molecule has 2 heterocycles. The number of anilines is 2. The van der Waals surface area contributed by atoms with Gasteiger partial charge >= 0.3 is 6.09 Å². The molecule has 3 aliphatic rings. The molecule has 3 fully saturated rings. The fourth-order valence-corrected chi connectivity index (χ4v) is 5.23. The van der Waals surface area contributed by atoms with E-state index in [-0.39, 0.29) is 34.7 Å². The van der Waals surface area contributed by atoms with E-state index in [1.165, 1.54) is 12.1 Å². The maximum atomic E-state index is 14.3. The van der Waals surface area contributed by atoms with E-state index >= 15 is 0 Å².